The van der Waals surface area contributed by atoms with Gasteiger partial charge in [0.2, 0.25) is 5.91 Å². The number of rotatable bonds is 6. The smallest absolute Gasteiger partial charge is 0.254 e. The number of nitrogens with zero attached hydrogens (tertiary/aromatic N) is 2. The molecule has 0 spiro atoms. The van der Waals surface area contributed by atoms with Gasteiger partial charge < -0.3 is 14.6 Å². The molecule has 32 heavy (non-hydrogen) atoms. The third kappa shape index (κ3) is 4.59. The number of hydrogen-bond acceptors (Lipinski definition) is 4. The maximum atomic E-state index is 13.7. The van der Waals surface area contributed by atoms with E-state index in [1.165, 1.54) is 6.92 Å². The number of amides is 2. The average molecular weight is 432 g/mol. The van der Waals surface area contributed by atoms with Crippen molar-refractivity contribution < 1.29 is 14.0 Å². The number of benzene rings is 1. The first kappa shape index (κ1) is 21.8. The first-order valence-electron chi connectivity index (χ1n) is 11.1. The SMILES string of the molecule is CC(=O)NCCCN(C)C(=O)c1c2c(nc3ccccc13)/C(=C\c1ccco1)CC(C)C2. The van der Waals surface area contributed by atoms with Crippen LogP contribution in [0.15, 0.2) is 47.1 Å². The van der Waals surface area contributed by atoms with E-state index < -0.39 is 0 Å². The molecular weight excluding hydrogens is 402 g/mol. The molecule has 2 heterocycles. The fourth-order valence-electron chi connectivity index (χ4n) is 4.40. The van der Waals surface area contributed by atoms with Gasteiger partial charge in [-0.1, -0.05) is 25.1 Å². The number of furan rings is 1. The van der Waals surface area contributed by atoms with E-state index in [1.807, 2.05) is 49.5 Å². The van der Waals surface area contributed by atoms with Gasteiger partial charge in [-0.2, -0.15) is 0 Å². The summed E-state index contributed by atoms with van der Waals surface area (Å²) in [5, 5.41) is 3.67. The van der Waals surface area contributed by atoms with Crippen molar-refractivity contribution in [1.82, 2.24) is 15.2 Å². The van der Waals surface area contributed by atoms with Crippen molar-refractivity contribution in [2.75, 3.05) is 20.1 Å². The van der Waals surface area contributed by atoms with Gasteiger partial charge in [0, 0.05) is 32.4 Å². The molecule has 0 bridgehead atoms. The fraction of sp³-hybridized carbons (Fsp3) is 0.346. The number of carbonyl (C=O) groups is 2. The van der Waals surface area contributed by atoms with Gasteiger partial charge in [0.25, 0.3) is 5.91 Å². The van der Waals surface area contributed by atoms with E-state index >= 15 is 0 Å². The molecule has 0 saturated heterocycles. The summed E-state index contributed by atoms with van der Waals surface area (Å²) >= 11 is 0. The monoisotopic (exact) mass is 431 g/mol. The zero-order valence-electron chi connectivity index (χ0n) is 18.9. The Labute approximate surface area is 188 Å². The summed E-state index contributed by atoms with van der Waals surface area (Å²) in [4.78, 5) is 31.5. The van der Waals surface area contributed by atoms with Crippen LogP contribution in [0, 0.1) is 5.92 Å². The average Bonchev–Trinajstić information content (AvgIpc) is 3.27. The van der Waals surface area contributed by atoms with Crippen LogP contribution in [0.5, 0.6) is 0 Å². The lowest BCUT2D eigenvalue weighted by Gasteiger charge is -2.28. The topological polar surface area (TPSA) is 75.4 Å². The molecule has 1 unspecified atom stereocenters. The molecule has 2 aromatic heterocycles. The number of fused-ring (bicyclic) bond motifs is 2. The van der Waals surface area contributed by atoms with Gasteiger partial charge in [0.1, 0.15) is 5.76 Å². The van der Waals surface area contributed by atoms with Crippen molar-refractivity contribution in [2.45, 2.75) is 33.1 Å². The predicted molar refractivity (Wildman–Crippen MR) is 126 cm³/mol. The van der Waals surface area contributed by atoms with Crippen molar-refractivity contribution in [2.24, 2.45) is 5.92 Å². The molecule has 0 aliphatic heterocycles. The zero-order valence-corrected chi connectivity index (χ0v) is 18.9. The van der Waals surface area contributed by atoms with Crippen LogP contribution in [0.1, 0.15) is 54.1 Å². The summed E-state index contributed by atoms with van der Waals surface area (Å²) in [6.45, 7) is 4.82. The maximum Gasteiger partial charge on any atom is 0.254 e. The number of hydrogen-bond donors (Lipinski definition) is 1. The minimum absolute atomic E-state index is 0.00544. The van der Waals surface area contributed by atoms with Crippen LogP contribution in [0.4, 0.5) is 0 Å². The molecule has 0 fully saturated rings. The van der Waals surface area contributed by atoms with Gasteiger partial charge in [-0.3, -0.25) is 9.59 Å². The second-order valence-electron chi connectivity index (χ2n) is 8.59. The van der Waals surface area contributed by atoms with Crippen LogP contribution in [-0.2, 0) is 11.2 Å². The van der Waals surface area contributed by atoms with Crippen molar-refractivity contribution in [3.63, 3.8) is 0 Å². The van der Waals surface area contributed by atoms with E-state index in [1.54, 1.807) is 11.2 Å². The van der Waals surface area contributed by atoms with Crippen molar-refractivity contribution in [3.8, 4) is 0 Å². The molecule has 3 aromatic rings. The Hall–Kier alpha value is -3.41. The number of pyridine rings is 1. The molecule has 1 aromatic carbocycles. The molecule has 6 heteroatoms. The Kier molecular flexibility index (Phi) is 6.40. The molecule has 1 N–H and O–H groups in total. The molecule has 1 atom stereocenters. The molecule has 0 radical (unpaired) electrons. The van der Waals surface area contributed by atoms with Gasteiger partial charge in [-0.15, -0.1) is 0 Å². The van der Waals surface area contributed by atoms with Gasteiger partial charge in [-0.05, 0) is 60.6 Å². The summed E-state index contributed by atoms with van der Waals surface area (Å²) in [5.41, 5.74) is 4.57. The molecule has 166 valence electrons. The van der Waals surface area contributed by atoms with E-state index in [0.29, 0.717) is 25.4 Å². The number of para-hydroxylation sites is 1. The normalized spacial score (nSPS) is 16.7. The van der Waals surface area contributed by atoms with Crippen LogP contribution in [0.25, 0.3) is 22.6 Å². The van der Waals surface area contributed by atoms with Crippen LogP contribution >= 0.6 is 0 Å². The number of allylic oxidation sites excluding steroid dienone is 1. The number of nitrogens with one attached hydrogen (secondary N) is 1. The Bertz CT molecular complexity index is 1160. The highest BCUT2D eigenvalue weighted by molar-refractivity contribution is 6.09. The van der Waals surface area contributed by atoms with Crippen LogP contribution in [0.2, 0.25) is 0 Å². The van der Waals surface area contributed by atoms with Crippen LogP contribution in [-0.4, -0.2) is 41.8 Å². The molecule has 4 rings (SSSR count). The lowest BCUT2D eigenvalue weighted by molar-refractivity contribution is -0.118. The lowest BCUT2D eigenvalue weighted by Crippen LogP contribution is -2.32. The second kappa shape index (κ2) is 9.39. The maximum absolute atomic E-state index is 13.7. The predicted octanol–water partition coefficient (Wildman–Crippen LogP) is 4.55. The summed E-state index contributed by atoms with van der Waals surface area (Å²) in [6, 6.07) is 11.7. The van der Waals surface area contributed by atoms with Gasteiger partial charge in [-0.25, -0.2) is 4.98 Å². The highest BCUT2D eigenvalue weighted by atomic mass is 16.3. The Morgan fingerprint density at radius 3 is 2.78 bits per heavy atom. The molecule has 1 aliphatic rings. The van der Waals surface area contributed by atoms with E-state index in [4.69, 9.17) is 9.40 Å². The summed E-state index contributed by atoms with van der Waals surface area (Å²) in [6.07, 6.45) is 6.11. The highest BCUT2D eigenvalue weighted by Gasteiger charge is 2.29. The minimum Gasteiger partial charge on any atom is -0.465 e. The minimum atomic E-state index is -0.0574. The molecule has 6 nitrogen and oxygen atoms in total. The largest absolute Gasteiger partial charge is 0.465 e. The fourth-order valence-corrected chi connectivity index (χ4v) is 4.40. The Morgan fingerprint density at radius 2 is 2.03 bits per heavy atom. The van der Waals surface area contributed by atoms with Crippen LogP contribution < -0.4 is 5.32 Å². The summed E-state index contributed by atoms with van der Waals surface area (Å²) < 4.78 is 5.55. The molecule has 1 aliphatic carbocycles. The number of carbonyl (C=O) groups excluding carboxylic acids is 2. The molecular formula is C26H29N3O3. The van der Waals surface area contributed by atoms with Crippen molar-refractivity contribution in [1.29, 1.82) is 0 Å². The lowest BCUT2D eigenvalue weighted by atomic mass is 9.80. The highest BCUT2D eigenvalue weighted by Crippen LogP contribution is 2.38. The molecule has 2 amide bonds. The third-order valence-corrected chi connectivity index (χ3v) is 5.88. The molecule has 0 saturated carbocycles. The van der Waals surface area contributed by atoms with Gasteiger partial charge in [0.15, 0.2) is 0 Å². The zero-order chi connectivity index (χ0) is 22.7. The van der Waals surface area contributed by atoms with E-state index in [-0.39, 0.29) is 11.8 Å². The first-order valence-corrected chi connectivity index (χ1v) is 11.1. The van der Waals surface area contributed by atoms with Crippen molar-refractivity contribution >= 4 is 34.4 Å². The van der Waals surface area contributed by atoms with Crippen LogP contribution in [0.3, 0.4) is 0 Å². The van der Waals surface area contributed by atoms with E-state index in [2.05, 4.69) is 12.2 Å². The summed E-state index contributed by atoms with van der Waals surface area (Å²) in [5.74, 6) is 1.12. The summed E-state index contributed by atoms with van der Waals surface area (Å²) in [7, 11) is 1.82. The van der Waals surface area contributed by atoms with Gasteiger partial charge in [0.05, 0.1) is 23.0 Å². The van der Waals surface area contributed by atoms with Crippen molar-refractivity contribution in [3.05, 3.63) is 65.2 Å². The van der Waals surface area contributed by atoms with E-state index in [9.17, 15) is 9.59 Å². The third-order valence-electron chi connectivity index (χ3n) is 5.88. The second-order valence-corrected chi connectivity index (χ2v) is 8.59. The van der Waals surface area contributed by atoms with Gasteiger partial charge >= 0.3 is 0 Å². The Morgan fingerprint density at radius 1 is 1.22 bits per heavy atom. The first-order chi connectivity index (χ1) is 15.4. The number of aromatic nitrogens is 1. The quantitative estimate of drug-likeness (QED) is 0.581. The van der Waals surface area contributed by atoms with E-state index in [0.717, 1.165) is 51.9 Å². The standard InChI is InChI=1S/C26H29N3O3/c1-17-14-19(16-20-8-6-13-32-20)25-22(15-17)24(21-9-4-5-10-23(21)28-25)26(31)29(3)12-7-11-27-18(2)30/h4-6,8-10,13,16-17H,7,11-12,14-15H2,1-3H3,(H,27,30)/b19-16-. The Balaban J connectivity index is 1.76.